The quantitative estimate of drug-likeness (QED) is 0.172. The van der Waals surface area contributed by atoms with E-state index in [0.717, 1.165) is 57.9 Å². The fourth-order valence-corrected chi connectivity index (χ4v) is 7.24. The van der Waals surface area contributed by atoms with Crippen molar-refractivity contribution in [3.8, 4) is 0 Å². The third-order valence-corrected chi connectivity index (χ3v) is 13.2. The SMILES string of the molecule is Cc1cn(C)c(C)n1.Cc1nc(C(C)C)c(C)n1C.Cc1nc(C(C)C)c(C)n1C.Cc1nc(C(C)C)c(C)n1C.Cc1nc(C(C)C)cn1C.Cc1nc(C)n(C)c1C.Cc1nc(C)n(C)c1C. The summed E-state index contributed by atoms with van der Waals surface area (Å²) in [6, 6.07) is 0. The highest BCUT2D eigenvalue weighted by atomic mass is 15.1. The van der Waals surface area contributed by atoms with Crippen molar-refractivity contribution in [1.82, 2.24) is 66.9 Å². The molecule has 0 fully saturated rings. The second-order valence-electron chi connectivity index (χ2n) is 19.8. The molecule has 0 saturated heterocycles. The first-order valence-corrected chi connectivity index (χ1v) is 24.6. The minimum absolute atomic E-state index is 0.537. The van der Waals surface area contributed by atoms with E-state index < -0.39 is 0 Å². The lowest BCUT2D eigenvalue weighted by molar-refractivity contribution is 0.803. The zero-order chi connectivity index (χ0) is 53.7. The van der Waals surface area contributed by atoms with Gasteiger partial charge in [0.05, 0.1) is 39.9 Å². The number of aromatic nitrogens is 14. The van der Waals surface area contributed by atoms with Gasteiger partial charge < -0.3 is 32.0 Å². The minimum atomic E-state index is 0.537. The normalized spacial score (nSPS) is 10.7. The van der Waals surface area contributed by atoms with E-state index in [1.807, 2.05) is 108 Å². The molecule has 0 aromatic carbocycles. The van der Waals surface area contributed by atoms with Gasteiger partial charge in [0.1, 0.15) is 40.8 Å². The molecule has 0 aliphatic carbocycles. The predicted molar refractivity (Wildman–Crippen MR) is 290 cm³/mol. The molecule has 14 nitrogen and oxygen atoms in total. The molecule has 7 rings (SSSR count). The van der Waals surface area contributed by atoms with Gasteiger partial charge in [0, 0.05) is 90.2 Å². The van der Waals surface area contributed by atoms with Crippen molar-refractivity contribution < 1.29 is 0 Å². The lowest BCUT2D eigenvalue weighted by Gasteiger charge is -2.01. The van der Waals surface area contributed by atoms with Crippen LogP contribution in [0.15, 0.2) is 12.4 Å². The van der Waals surface area contributed by atoms with Crippen LogP contribution in [0.5, 0.6) is 0 Å². The second-order valence-corrected chi connectivity index (χ2v) is 19.8. The van der Waals surface area contributed by atoms with Gasteiger partial charge in [0.2, 0.25) is 0 Å². The summed E-state index contributed by atoms with van der Waals surface area (Å²) in [5.41, 5.74) is 14.6. The number of nitrogens with zero attached hydrogens (tertiary/aromatic N) is 14. The fourth-order valence-electron chi connectivity index (χ4n) is 7.24. The van der Waals surface area contributed by atoms with Gasteiger partial charge in [-0.3, -0.25) is 0 Å². The van der Waals surface area contributed by atoms with Crippen LogP contribution in [0.2, 0.25) is 0 Å². The van der Waals surface area contributed by atoms with Crippen molar-refractivity contribution in [3.63, 3.8) is 0 Å². The Bertz CT molecular complexity index is 2390. The summed E-state index contributed by atoms with van der Waals surface area (Å²) in [7, 11) is 14.3. The van der Waals surface area contributed by atoms with Crippen LogP contribution in [0.25, 0.3) is 0 Å². The van der Waals surface area contributed by atoms with E-state index in [1.165, 1.54) is 51.2 Å². The Labute approximate surface area is 419 Å². The van der Waals surface area contributed by atoms with Crippen molar-refractivity contribution in [1.29, 1.82) is 0 Å². The van der Waals surface area contributed by atoms with Crippen LogP contribution in [0, 0.1) is 104 Å². The number of imidazole rings is 7. The summed E-state index contributed by atoms with van der Waals surface area (Å²) in [6.07, 6.45) is 4.09. The van der Waals surface area contributed by atoms with E-state index in [-0.39, 0.29) is 0 Å². The van der Waals surface area contributed by atoms with Gasteiger partial charge in [0.15, 0.2) is 0 Å². The smallest absolute Gasteiger partial charge is 0.105 e. The van der Waals surface area contributed by atoms with Crippen LogP contribution in [-0.2, 0) is 49.3 Å². The Kier molecular flexibility index (Phi) is 24.1. The summed E-state index contributed by atoms with van der Waals surface area (Å²) in [4.78, 5) is 30.5. The van der Waals surface area contributed by atoms with Crippen LogP contribution in [0.1, 0.15) is 188 Å². The summed E-state index contributed by atoms with van der Waals surface area (Å²) >= 11 is 0. The van der Waals surface area contributed by atoms with Gasteiger partial charge in [-0.2, -0.15) is 0 Å². The first kappa shape index (κ1) is 61.5. The van der Waals surface area contributed by atoms with Crippen molar-refractivity contribution >= 4 is 0 Å². The van der Waals surface area contributed by atoms with Crippen molar-refractivity contribution in [3.05, 3.63) is 121 Å². The molecule has 0 spiro atoms. The number of hydrogen-bond donors (Lipinski definition) is 0. The van der Waals surface area contributed by atoms with Gasteiger partial charge in [0.25, 0.3) is 0 Å². The summed E-state index contributed by atoms with van der Waals surface area (Å²) in [5.74, 6) is 9.80. The Morgan fingerprint density at radius 3 is 0.638 bits per heavy atom. The molecule has 0 N–H and O–H groups in total. The molecule has 69 heavy (non-hydrogen) atoms. The van der Waals surface area contributed by atoms with Gasteiger partial charge >= 0.3 is 0 Å². The number of hydrogen-bond acceptors (Lipinski definition) is 7. The molecular weight excluding hydrogens is 857 g/mol. The summed E-state index contributed by atoms with van der Waals surface area (Å²) < 4.78 is 14.6. The van der Waals surface area contributed by atoms with Crippen LogP contribution in [-0.4, -0.2) is 66.9 Å². The number of rotatable bonds is 4. The third kappa shape index (κ3) is 17.4. The molecular formula is C55H96N14. The zero-order valence-electron chi connectivity index (χ0n) is 49.2. The molecule has 0 aliphatic heterocycles. The molecule has 0 atom stereocenters. The molecule has 7 aromatic rings. The van der Waals surface area contributed by atoms with Gasteiger partial charge in [-0.1, -0.05) is 55.4 Å². The largest absolute Gasteiger partial charge is 0.338 e. The average Bonchev–Trinajstić information content (AvgIpc) is 4.09. The molecule has 7 aromatic heterocycles. The Hall–Kier alpha value is -5.53. The maximum atomic E-state index is 4.47. The lowest BCUT2D eigenvalue weighted by atomic mass is 10.1. The average molecular weight is 953 g/mol. The molecule has 14 heteroatoms. The molecule has 7 heterocycles. The van der Waals surface area contributed by atoms with E-state index in [4.69, 9.17) is 0 Å². The highest BCUT2D eigenvalue weighted by molar-refractivity contribution is 5.20. The monoisotopic (exact) mass is 953 g/mol. The molecule has 0 bridgehead atoms. The first-order valence-electron chi connectivity index (χ1n) is 24.6. The standard InChI is InChI=1S/3C9H16N2.C8H14N2.2C7H12N2.C6H10N2/c3*1-6(2)9-7(3)11(5)8(4)10-9;1-6(2)8-5-10(4)7(3)9-8;2*1-5-6(2)9(4)7(3)8-5;1-5-4-8(3)6(2)7-5/h3*6H,1-5H3;5-6H,1-4H3;2*1-4H3;4H,1-3H3. The fraction of sp³-hybridized carbons (Fsp3) is 0.618. The van der Waals surface area contributed by atoms with Gasteiger partial charge in [-0.15, -0.1) is 0 Å². The lowest BCUT2D eigenvalue weighted by Crippen LogP contribution is -1.95. The number of aryl methyl sites for hydroxylation is 12. The maximum absolute atomic E-state index is 4.47. The van der Waals surface area contributed by atoms with Crippen molar-refractivity contribution in [2.75, 3.05) is 0 Å². The predicted octanol–water partition coefficient (Wildman–Crippen LogP) is 12.1. The van der Waals surface area contributed by atoms with Crippen LogP contribution in [0.4, 0.5) is 0 Å². The Balaban J connectivity index is 0.000000404. The highest BCUT2D eigenvalue weighted by Crippen LogP contribution is 2.20. The molecule has 0 aliphatic rings. The van der Waals surface area contributed by atoms with Gasteiger partial charge in [-0.05, 0) is 128 Å². The van der Waals surface area contributed by atoms with Crippen LogP contribution in [0.3, 0.4) is 0 Å². The Morgan fingerprint density at radius 1 is 0.290 bits per heavy atom. The first-order chi connectivity index (χ1) is 31.7. The Morgan fingerprint density at radius 2 is 0.551 bits per heavy atom. The minimum Gasteiger partial charge on any atom is -0.338 e. The molecule has 0 amide bonds. The van der Waals surface area contributed by atoms with E-state index in [2.05, 4.69) is 180 Å². The molecule has 386 valence electrons. The van der Waals surface area contributed by atoms with Gasteiger partial charge in [-0.25, -0.2) is 34.9 Å². The van der Waals surface area contributed by atoms with Crippen LogP contribution < -0.4 is 0 Å². The maximum Gasteiger partial charge on any atom is 0.105 e. The third-order valence-electron chi connectivity index (χ3n) is 13.2. The summed E-state index contributed by atoms with van der Waals surface area (Å²) in [6.45, 7) is 48.1. The second kappa shape index (κ2) is 27.0. The van der Waals surface area contributed by atoms with E-state index in [9.17, 15) is 0 Å². The molecule has 0 radical (unpaired) electrons. The van der Waals surface area contributed by atoms with Crippen LogP contribution >= 0.6 is 0 Å². The van der Waals surface area contributed by atoms with E-state index in [1.54, 1.807) is 0 Å². The topological polar surface area (TPSA) is 125 Å². The highest BCUT2D eigenvalue weighted by Gasteiger charge is 2.12. The summed E-state index contributed by atoms with van der Waals surface area (Å²) in [5, 5.41) is 0. The zero-order valence-corrected chi connectivity index (χ0v) is 49.2. The van der Waals surface area contributed by atoms with E-state index >= 15 is 0 Å². The van der Waals surface area contributed by atoms with Crippen molar-refractivity contribution in [2.24, 2.45) is 49.3 Å². The molecule has 0 saturated carbocycles. The van der Waals surface area contributed by atoms with Crippen molar-refractivity contribution in [2.45, 2.75) is 183 Å². The molecule has 0 unspecified atom stereocenters. The van der Waals surface area contributed by atoms with E-state index in [0.29, 0.717) is 23.7 Å².